The zero-order valence-electron chi connectivity index (χ0n) is 15.4. The van der Waals surface area contributed by atoms with Crippen molar-refractivity contribution in [2.45, 2.75) is 23.4 Å². The molecule has 0 spiro atoms. The topological polar surface area (TPSA) is 107 Å². The highest BCUT2D eigenvalue weighted by Gasteiger charge is 2.16. The summed E-state index contributed by atoms with van der Waals surface area (Å²) in [6.45, 7) is 1.88. The number of thioether (sulfide) groups is 1. The maximum absolute atomic E-state index is 12.4. The summed E-state index contributed by atoms with van der Waals surface area (Å²) in [5.74, 6) is -0.639. The maximum atomic E-state index is 12.4. The molecular weight excluding hydrogens is 398 g/mol. The lowest BCUT2D eigenvalue weighted by molar-refractivity contribution is -0.115. The van der Waals surface area contributed by atoms with Gasteiger partial charge in [0.25, 0.3) is 0 Å². The lowest BCUT2D eigenvalue weighted by atomic mass is 10.2. The molecule has 0 fully saturated rings. The first-order valence-electron chi connectivity index (χ1n) is 8.41. The number of carbonyl (C=O) groups is 1. The van der Waals surface area contributed by atoms with Crippen molar-refractivity contribution in [3.63, 3.8) is 0 Å². The van der Waals surface area contributed by atoms with E-state index in [2.05, 4.69) is 20.8 Å². The lowest BCUT2D eigenvalue weighted by Crippen LogP contribution is -2.17. The summed E-state index contributed by atoms with van der Waals surface area (Å²) in [7, 11) is -3.51. The summed E-state index contributed by atoms with van der Waals surface area (Å²) in [5.41, 5.74) is 2.21. The Balaban J connectivity index is 1.65. The van der Waals surface area contributed by atoms with Crippen LogP contribution in [-0.2, 0) is 14.6 Å². The van der Waals surface area contributed by atoms with Gasteiger partial charge in [-0.15, -0.1) is 5.10 Å². The minimum atomic E-state index is -3.51. The first-order chi connectivity index (χ1) is 13.4. The SMILES string of the molecule is CSc1nnnn1-c1cccc(NC(=O)CCS(=O)(=O)c2ccc(C)cc2)c1. The summed E-state index contributed by atoms with van der Waals surface area (Å²) in [5, 5.41) is 14.8. The van der Waals surface area contributed by atoms with Crippen molar-refractivity contribution in [1.29, 1.82) is 0 Å². The number of rotatable bonds is 7. The van der Waals surface area contributed by atoms with Crippen LogP contribution in [0.15, 0.2) is 58.6 Å². The molecular formula is C18H19N5O3S2. The predicted molar refractivity (Wildman–Crippen MR) is 107 cm³/mol. The Bertz CT molecular complexity index is 1080. The molecule has 0 radical (unpaired) electrons. The quantitative estimate of drug-likeness (QED) is 0.589. The van der Waals surface area contributed by atoms with Crippen LogP contribution < -0.4 is 5.32 Å². The molecule has 0 saturated heterocycles. The van der Waals surface area contributed by atoms with Gasteiger partial charge in [-0.3, -0.25) is 4.79 Å². The lowest BCUT2D eigenvalue weighted by Gasteiger charge is -2.09. The number of benzene rings is 2. The molecule has 1 heterocycles. The van der Waals surface area contributed by atoms with E-state index in [1.165, 1.54) is 11.8 Å². The minimum absolute atomic E-state index is 0.138. The number of nitrogens with one attached hydrogen (secondary N) is 1. The highest BCUT2D eigenvalue weighted by Crippen LogP contribution is 2.19. The standard InChI is InChI=1S/C18H19N5O3S2/c1-13-6-8-16(9-7-13)28(25,26)11-10-17(24)19-14-4-3-5-15(12-14)23-18(27-2)20-21-22-23/h3-9,12H,10-11H2,1-2H3,(H,19,24). The van der Waals surface area contributed by atoms with E-state index in [0.717, 1.165) is 5.56 Å². The van der Waals surface area contributed by atoms with Gasteiger partial charge < -0.3 is 5.32 Å². The van der Waals surface area contributed by atoms with E-state index in [1.54, 1.807) is 47.1 Å². The number of carbonyl (C=O) groups excluding carboxylic acids is 1. The Morgan fingerprint density at radius 3 is 2.64 bits per heavy atom. The van der Waals surface area contributed by atoms with E-state index in [-0.39, 0.29) is 23.0 Å². The molecule has 1 amide bonds. The van der Waals surface area contributed by atoms with E-state index in [0.29, 0.717) is 16.5 Å². The molecule has 0 bridgehead atoms. The van der Waals surface area contributed by atoms with Crippen LogP contribution in [0.2, 0.25) is 0 Å². The third kappa shape index (κ3) is 4.76. The van der Waals surface area contributed by atoms with Crippen LogP contribution in [0.4, 0.5) is 5.69 Å². The van der Waals surface area contributed by atoms with Crippen molar-refractivity contribution < 1.29 is 13.2 Å². The molecule has 146 valence electrons. The number of sulfone groups is 1. The third-order valence-electron chi connectivity index (χ3n) is 3.98. The Hall–Kier alpha value is -2.72. The number of nitrogens with zero attached hydrogens (tertiary/aromatic N) is 4. The van der Waals surface area contributed by atoms with E-state index < -0.39 is 9.84 Å². The van der Waals surface area contributed by atoms with Crippen molar-refractivity contribution >= 4 is 33.2 Å². The van der Waals surface area contributed by atoms with Crippen molar-refractivity contribution in [2.75, 3.05) is 17.3 Å². The van der Waals surface area contributed by atoms with Crippen LogP contribution in [0.3, 0.4) is 0 Å². The smallest absolute Gasteiger partial charge is 0.225 e. The van der Waals surface area contributed by atoms with E-state index in [4.69, 9.17) is 0 Å². The largest absolute Gasteiger partial charge is 0.326 e. The van der Waals surface area contributed by atoms with E-state index in [9.17, 15) is 13.2 Å². The summed E-state index contributed by atoms with van der Waals surface area (Å²) in [6, 6.07) is 13.6. The van der Waals surface area contributed by atoms with Crippen LogP contribution in [0.1, 0.15) is 12.0 Å². The molecule has 1 N–H and O–H groups in total. The number of aryl methyl sites for hydroxylation is 1. The number of hydrogen-bond donors (Lipinski definition) is 1. The van der Waals surface area contributed by atoms with Gasteiger partial charge in [0, 0.05) is 12.1 Å². The summed E-state index contributed by atoms with van der Waals surface area (Å²) in [6.07, 6.45) is 1.73. The van der Waals surface area contributed by atoms with E-state index >= 15 is 0 Å². The van der Waals surface area contributed by atoms with Gasteiger partial charge in [0.15, 0.2) is 9.84 Å². The Kier molecular flexibility index (Phi) is 6.10. The average molecular weight is 418 g/mol. The number of anilines is 1. The van der Waals surface area contributed by atoms with Crippen LogP contribution in [0.5, 0.6) is 0 Å². The van der Waals surface area contributed by atoms with Crippen molar-refractivity contribution in [1.82, 2.24) is 20.2 Å². The molecule has 3 rings (SSSR count). The monoisotopic (exact) mass is 417 g/mol. The van der Waals surface area contributed by atoms with Crippen LogP contribution in [-0.4, -0.2) is 46.5 Å². The highest BCUT2D eigenvalue weighted by molar-refractivity contribution is 7.98. The van der Waals surface area contributed by atoms with Gasteiger partial charge in [0.2, 0.25) is 11.1 Å². The van der Waals surface area contributed by atoms with Crippen molar-refractivity contribution in [3.05, 3.63) is 54.1 Å². The molecule has 0 aliphatic heterocycles. The molecule has 0 aliphatic carbocycles. The van der Waals surface area contributed by atoms with Gasteiger partial charge in [-0.25, -0.2) is 8.42 Å². The van der Waals surface area contributed by atoms with Crippen LogP contribution in [0, 0.1) is 6.92 Å². The first kappa shape index (κ1) is 20.0. The molecule has 0 aliphatic rings. The maximum Gasteiger partial charge on any atom is 0.225 e. The Morgan fingerprint density at radius 1 is 1.18 bits per heavy atom. The molecule has 8 nitrogen and oxygen atoms in total. The Morgan fingerprint density at radius 2 is 1.93 bits per heavy atom. The van der Waals surface area contributed by atoms with Gasteiger partial charge in [0.05, 0.1) is 16.3 Å². The van der Waals surface area contributed by atoms with Gasteiger partial charge in [0.1, 0.15) is 0 Å². The fourth-order valence-corrected chi connectivity index (χ4v) is 4.17. The minimum Gasteiger partial charge on any atom is -0.326 e. The van der Waals surface area contributed by atoms with E-state index in [1.807, 2.05) is 19.2 Å². The molecule has 0 saturated carbocycles. The highest BCUT2D eigenvalue weighted by atomic mass is 32.2. The summed E-state index contributed by atoms with van der Waals surface area (Å²) in [4.78, 5) is 12.5. The third-order valence-corrected chi connectivity index (χ3v) is 6.33. The average Bonchev–Trinajstić information content (AvgIpc) is 3.16. The normalized spacial score (nSPS) is 11.4. The van der Waals surface area contributed by atoms with Crippen molar-refractivity contribution in [2.24, 2.45) is 0 Å². The molecule has 10 heteroatoms. The summed E-state index contributed by atoms with van der Waals surface area (Å²) >= 11 is 1.40. The first-order valence-corrected chi connectivity index (χ1v) is 11.3. The number of aromatic nitrogens is 4. The second-order valence-corrected chi connectivity index (χ2v) is 8.94. The van der Waals surface area contributed by atoms with Crippen molar-refractivity contribution in [3.8, 4) is 5.69 Å². The fourth-order valence-electron chi connectivity index (χ4n) is 2.50. The second-order valence-electron chi connectivity index (χ2n) is 6.06. The number of amides is 1. The fraction of sp³-hybridized carbons (Fsp3) is 0.222. The number of tetrazole rings is 1. The zero-order valence-corrected chi connectivity index (χ0v) is 17.0. The van der Waals surface area contributed by atoms with Gasteiger partial charge in [-0.2, -0.15) is 4.68 Å². The van der Waals surface area contributed by atoms with Gasteiger partial charge >= 0.3 is 0 Å². The molecule has 0 unspecified atom stereocenters. The summed E-state index contributed by atoms with van der Waals surface area (Å²) < 4.78 is 26.3. The van der Waals surface area contributed by atoms with Crippen LogP contribution in [0.25, 0.3) is 5.69 Å². The van der Waals surface area contributed by atoms with Crippen LogP contribution >= 0.6 is 11.8 Å². The molecule has 1 aromatic heterocycles. The zero-order chi connectivity index (χ0) is 20.1. The predicted octanol–water partition coefficient (Wildman–Crippen LogP) is 2.50. The molecule has 0 atom stereocenters. The molecule has 28 heavy (non-hydrogen) atoms. The van der Waals surface area contributed by atoms with Gasteiger partial charge in [-0.1, -0.05) is 35.5 Å². The number of hydrogen-bond acceptors (Lipinski definition) is 7. The second kappa shape index (κ2) is 8.53. The molecule has 2 aromatic carbocycles. The van der Waals surface area contributed by atoms with Gasteiger partial charge in [-0.05, 0) is 53.9 Å². The molecule has 3 aromatic rings. The Labute approximate surface area is 167 Å².